The van der Waals surface area contributed by atoms with Crippen molar-refractivity contribution in [2.24, 2.45) is 5.92 Å². The van der Waals surface area contributed by atoms with E-state index in [0.717, 1.165) is 11.3 Å². The zero-order valence-electron chi connectivity index (χ0n) is 12.7. The van der Waals surface area contributed by atoms with Crippen molar-refractivity contribution < 1.29 is 19.1 Å². The molecule has 1 amide bonds. The summed E-state index contributed by atoms with van der Waals surface area (Å²) in [7, 11) is 0. The lowest BCUT2D eigenvalue weighted by atomic mass is 10.1. The minimum absolute atomic E-state index is 0.115. The maximum atomic E-state index is 13.9. The number of nitrogens with one attached hydrogen (secondary N) is 1. The molecule has 24 heavy (non-hydrogen) atoms. The van der Waals surface area contributed by atoms with Gasteiger partial charge in [0.05, 0.1) is 0 Å². The maximum Gasteiger partial charge on any atom is 0.303 e. The molecule has 0 saturated heterocycles. The van der Waals surface area contributed by atoms with Gasteiger partial charge in [0.25, 0.3) is 0 Å². The molecule has 0 aliphatic carbocycles. The molecule has 0 spiro atoms. The molecule has 1 heterocycles. The number of aromatic nitrogens is 1. The highest BCUT2D eigenvalue weighted by molar-refractivity contribution is 7.16. The van der Waals surface area contributed by atoms with Gasteiger partial charge in [-0.3, -0.25) is 9.59 Å². The SMILES string of the molecule is C[C@H](CCC(=O)O)C(=O)Nc1nc(-c2ccccc2F)c(C#N)s1. The summed E-state index contributed by atoms with van der Waals surface area (Å²) in [5.74, 6) is -2.40. The van der Waals surface area contributed by atoms with Gasteiger partial charge in [-0.15, -0.1) is 0 Å². The molecule has 2 N–H and O–H groups in total. The lowest BCUT2D eigenvalue weighted by molar-refractivity contribution is -0.137. The summed E-state index contributed by atoms with van der Waals surface area (Å²) in [5.41, 5.74) is 0.360. The fourth-order valence-electron chi connectivity index (χ4n) is 1.98. The average molecular weight is 347 g/mol. The number of aliphatic carboxylic acids is 1. The van der Waals surface area contributed by atoms with E-state index in [1.54, 1.807) is 13.0 Å². The molecule has 2 aromatic rings. The van der Waals surface area contributed by atoms with E-state index in [-0.39, 0.29) is 34.1 Å². The quantitative estimate of drug-likeness (QED) is 0.835. The first-order valence-electron chi connectivity index (χ1n) is 7.11. The number of carbonyl (C=O) groups excluding carboxylic acids is 1. The number of carboxylic acids is 1. The van der Waals surface area contributed by atoms with Crippen LogP contribution in [0.25, 0.3) is 11.3 Å². The Morgan fingerprint density at radius 1 is 1.46 bits per heavy atom. The van der Waals surface area contributed by atoms with E-state index in [1.807, 2.05) is 6.07 Å². The van der Waals surface area contributed by atoms with Gasteiger partial charge in [0.15, 0.2) is 5.13 Å². The third-order valence-corrected chi connectivity index (χ3v) is 4.20. The number of hydrogen-bond donors (Lipinski definition) is 2. The van der Waals surface area contributed by atoms with Crippen LogP contribution in [0.2, 0.25) is 0 Å². The van der Waals surface area contributed by atoms with Gasteiger partial charge in [-0.1, -0.05) is 30.4 Å². The fourth-order valence-corrected chi connectivity index (χ4v) is 2.76. The number of nitriles is 1. The second-order valence-electron chi connectivity index (χ2n) is 5.11. The molecule has 2 rings (SSSR count). The molecule has 6 nitrogen and oxygen atoms in total. The molecule has 124 valence electrons. The van der Waals surface area contributed by atoms with Gasteiger partial charge in [-0.25, -0.2) is 9.37 Å². The summed E-state index contributed by atoms with van der Waals surface area (Å²) >= 11 is 0.946. The molecular formula is C16H14FN3O3S. The van der Waals surface area contributed by atoms with E-state index in [0.29, 0.717) is 0 Å². The lowest BCUT2D eigenvalue weighted by Crippen LogP contribution is -2.21. The molecule has 0 radical (unpaired) electrons. The van der Waals surface area contributed by atoms with E-state index >= 15 is 0 Å². The zero-order valence-corrected chi connectivity index (χ0v) is 13.6. The first kappa shape index (κ1) is 17.6. The first-order chi connectivity index (χ1) is 11.4. The zero-order chi connectivity index (χ0) is 17.7. The monoisotopic (exact) mass is 347 g/mol. The van der Waals surface area contributed by atoms with Crippen molar-refractivity contribution >= 4 is 28.3 Å². The Balaban J connectivity index is 2.19. The van der Waals surface area contributed by atoms with Crippen LogP contribution in [-0.2, 0) is 9.59 Å². The summed E-state index contributed by atoms with van der Waals surface area (Å²) in [5, 5.41) is 20.6. The number of rotatable bonds is 6. The number of benzene rings is 1. The van der Waals surface area contributed by atoms with Crippen molar-refractivity contribution in [1.29, 1.82) is 5.26 Å². The van der Waals surface area contributed by atoms with E-state index in [1.165, 1.54) is 18.2 Å². The largest absolute Gasteiger partial charge is 0.481 e. The van der Waals surface area contributed by atoms with Crippen LogP contribution in [0.3, 0.4) is 0 Å². The second-order valence-corrected chi connectivity index (χ2v) is 6.11. The highest BCUT2D eigenvalue weighted by Crippen LogP contribution is 2.32. The molecule has 0 unspecified atom stereocenters. The first-order valence-corrected chi connectivity index (χ1v) is 7.92. The van der Waals surface area contributed by atoms with Gasteiger partial charge in [0.2, 0.25) is 5.91 Å². The van der Waals surface area contributed by atoms with Crippen molar-refractivity contribution in [2.75, 3.05) is 5.32 Å². The van der Waals surface area contributed by atoms with Gasteiger partial charge in [0.1, 0.15) is 22.5 Å². The summed E-state index contributed by atoms with van der Waals surface area (Å²) < 4.78 is 13.9. The predicted molar refractivity (Wildman–Crippen MR) is 86.9 cm³/mol. The Labute approximate surface area is 141 Å². The third kappa shape index (κ3) is 4.14. The van der Waals surface area contributed by atoms with Crippen LogP contribution in [0, 0.1) is 23.1 Å². The van der Waals surface area contributed by atoms with Crippen LogP contribution >= 0.6 is 11.3 Å². The molecule has 0 aliphatic heterocycles. The molecule has 0 aliphatic rings. The summed E-state index contributed by atoms with van der Waals surface area (Å²) in [6, 6.07) is 7.88. The Kier molecular flexibility index (Phi) is 5.60. The van der Waals surface area contributed by atoms with Gasteiger partial charge in [-0.05, 0) is 18.6 Å². The minimum Gasteiger partial charge on any atom is -0.481 e. The van der Waals surface area contributed by atoms with Crippen molar-refractivity contribution in [1.82, 2.24) is 4.98 Å². The minimum atomic E-state index is -0.975. The Morgan fingerprint density at radius 3 is 2.79 bits per heavy atom. The molecule has 8 heteroatoms. The van der Waals surface area contributed by atoms with E-state index in [9.17, 15) is 19.2 Å². The van der Waals surface area contributed by atoms with Gasteiger partial charge >= 0.3 is 5.97 Å². The third-order valence-electron chi connectivity index (χ3n) is 3.33. The maximum absolute atomic E-state index is 13.9. The van der Waals surface area contributed by atoms with E-state index < -0.39 is 23.6 Å². The van der Waals surface area contributed by atoms with Crippen molar-refractivity contribution in [3.63, 3.8) is 0 Å². The van der Waals surface area contributed by atoms with Gasteiger partial charge in [-0.2, -0.15) is 5.26 Å². The second kappa shape index (κ2) is 7.66. The van der Waals surface area contributed by atoms with Crippen molar-refractivity contribution in [2.45, 2.75) is 19.8 Å². The number of amides is 1. The van der Waals surface area contributed by atoms with Crippen LogP contribution < -0.4 is 5.32 Å². The summed E-state index contributed by atoms with van der Waals surface area (Å²) in [6.07, 6.45) is 0.0776. The smallest absolute Gasteiger partial charge is 0.303 e. The fraction of sp³-hybridized carbons (Fsp3) is 0.250. The number of halogens is 1. The van der Waals surface area contributed by atoms with Crippen LogP contribution in [0.5, 0.6) is 0 Å². The number of nitrogens with zero attached hydrogens (tertiary/aromatic N) is 2. The van der Waals surface area contributed by atoms with Crippen LogP contribution in [0.15, 0.2) is 24.3 Å². The summed E-state index contributed by atoms with van der Waals surface area (Å²) in [4.78, 5) is 26.9. The van der Waals surface area contributed by atoms with E-state index in [4.69, 9.17) is 5.11 Å². The number of anilines is 1. The Morgan fingerprint density at radius 2 is 2.17 bits per heavy atom. The highest BCUT2D eigenvalue weighted by atomic mass is 32.1. The highest BCUT2D eigenvalue weighted by Gasteiger charge is 2.20. The molecule has 0 saturated carbocycles. The number of thiazole rings is 1. The summed E-state index contributed by atoms with van der Waals surface area (Å²) in [6.45, 7) is 1.61. The number of carbonyl (C=O) groups is 2. The topological polar surface area (TPSA) is 103 Å². The van der Waals surface area contributed by atoms with Crippen LogP contribution in [0.4, 0.5) is 9.52 Å². The van der Waals surface area contributed by atoms with Crippen molar-refractivity contribution in [3.05, 3.63) is 35.0 Å². The number of hydrogen-bond acceptors (Lipinski definition) is 5. The standard InChI is InChI=1S/C16H14FN3O3S/c1-9(6-7-13(21)22)15(23)20-16-19-14(12(8-18)24-16)10-4-2-3-5-11(10)17/h2-5,9H,6-7H2,1H3,(H,21,22)(H,19,20,23)/t9-/m1/s1. The Bertz CT molecular complexity index is 813. The predicted octanol–water partition coefficient (Wildman–Crippen LogP) is 3.26. The normalized spacial score (nSPS) is 11.5. The van der Waals surface area contributed by atoms with Gasteiger partial charge in [0, 0.05) is 17.9 Å². The van der Waals surface area contributed by atoms with Crippen LogP contribution in [0.1, 0.15) is 24.6 Å². The molecular weight excluding hydrogens is 333 g/mol. The molecule has 1 atom stereocenters. The molecule has 1 aromatic heterocycles. The Hall–Kier alpha value is -2.79. The lowest BCUT2D eigenvalue weighted by Gasteiger charge is -2.08. The number of carboxylic acid groups (broad SMARTS) is 1. The molecule has 0 bridgehead atoms. The average Bonchev–Trinajstić information content (AvgIpc) is 2.95. The van der Waals surface area contributed by atoms with Gasteiger partial charge < -0.3 is 10.4 Å². The van der Waals surface area contributed by atoms with E-state index in [2.05, 4.69) is 10.3 Å². The molecule has 0 fully saturated rings. The van der Waals surface area contributed by atoms with Crippen molar-refractivity contribution in [3.8, 4) is 17.3 Å². The van der Waals surface area contributed by atoms with Crippen LogP contribution in [-0.4, -0.2) is 22.0 Å². The molecule has 1 aromatic carbocycles.